The van der Waals surface area contributed by atoms with Crippen molar-refractivity contribution in [2.45, 2.75) is 18.4 Å². The minimum absolute atomic E-state index is 0.0902. The Kier molecular flexibility index (Phi) is 5.88. The molecule has 2 aromatic carbocycles. The van der Waals surface area contributed by atoms with Gasteiger partial charge in [0.1, 0.15) is 12.1 Å². The molecule has 0 fully saturated rings. The van der Waals surface area contributed by atoms with E-state index in [0.29, 0.717) is 5.69 Å². The van der Waals surface area contributed by atoms with E-state index < -0.39 is 10.0 Å². The second-order valence-electron chi connectivity index (χ2n) is 5.61. The van der Waals surface area contributed by atoms with E-state index in [4.69, 9.17) is 0 Å². The lowest BCUT2D eigenvalue weighted by molar-refractivity contribution is -0.117. The van der Waals surface area contributed by atoms with Gasteiger partial charge in [-0.3, -0.25) is 4.79 Å². The van der Waals surface area contributed by atoms with Crippen molar-refractivity contribution in [1.82, 2.24) is 9.78 Å². The van der Waals surface area contributed by atoms with Gasteiger partial charge >= 0.3 is 0 Å². The fourth-order valence-electron chi connectivity index (χ4n) is 2.15. The number of nitrogens with zero attached hydrogens (tertiary/aromatic N) is 3. The summed E-state index contributed by atoms with van der Waals surface area (Å²) in [5.41, 5.74) is 3.02. The van der Waals surface area contributed by atoms with Crippen LogP contribution in [0.5, 0.6) is 0 Å². The van der Waals surface area contributed by atoms with Gasteiger partial charge in [0.05, 0.1) is 4.90 Å². The second kappa shape index (κ2) is 8.15. The van der Waals surface area contributed by atoms with Crippen molar-refractivity contribution < 1.29 is 13.2 Å². The maximum Gasteiger partial charge on any atom is 0.285 e. The molecule has 140 valence electrons. The van der Waals surface area contributed by atoms with Crippen molar-refractivity contribution in [2.24, 2.45) is 4.40 Å². The van der Waals surface area contributed by atoms with Crippen LogP contribution in [-0.4, -0.2) is 24.1 Å². The summed E-state index contributed by atoms with van der Waals surface area (Å²) in [4.78, 5) is 12.4. The fourth-order valence-corrected chi connectivity index (χ4v) is 4.26. The number of nitrogens with one attached hydrogen (secondary N) is 1. The van der Waals surface area contributed by atoms with Gasteiger partial charge in [-0.25, -0.2) is 4.68 Å². The lowest BCUT2D eigenvalue weighted by Gasteiger charge is -2.05. The highest BCUT2D eigenvalue weighted by Gasteiger charge is 2.14. The second-order valence-corrected chi connectivity index (χ2v) is 8.94. The van der Waals surface area contributed by atoms with Gasteiger partial charge < -0.3 is 5.32 Å². The number of hydrogen-bond acceptors (Lipinski definition) is 5. The number of amides is 1. The number of carbonyl (C=O) groups excluding carboxylic acids is 1. The van der Waals surface area contributed by atoms with Gasteiger partial charge in [-0.15, -0.1) is 4.40 Å². The molecule has 1 N–H and O–H groups in total. The monoisotopic (exact) mass is 466 g/mol. The number of sulfonamides is 1. The number of rotatable bonds is 5. The molecule has 0 saturated carbocycles. The Morgan fingerprint density at radius 3 is 2.52 bits per heavy atom. The van der Waals surface area contributed by atoms with Gasteiger partial charge in [0, 0.05) is 10.2 Å². The van der Waals surface area contributed by atoms with Crippen molar-refractivity contribution in [3.63, 3.8) is 0 Å². The molecule has 0 spiro atoms. The van der Waals surface area contributed by atoms with E-state index in [9.17, 15) is 13.2 Å². The number of aromatic nitrogens is 2. The molecule has 0 radical (unpaired) electrons. The molecule has 0 aliphatic rings. The summed E-state index contributed by atoms with van der Waals surface area (Å²) in [6.45, 7) is 1.72. The van der Waals surface area contributed by atoms with Crippen LogP contribution >= 0.6 is 27.3 Å². The number of aryl methyl sites for hydroxylation is 1. The Hall–Kier alpha value is -2.30. The minimum atomic E-state index is -3.88. The Morgan fingerprint density at radius 1 is 1.19 bits per heavy atom. The van der Waals surface area contributed by atoms with Crippen molar-refractivity contribution >= 4 is 48.9 Å². The number of carbonyl (C=O) groups is 1. The summed E-state index contributed by atoms with van der Waals surface area (Å²) in [5, 5.41) is 6.74. The van der Waals surface area contributed by atoms with Crippen molar-refractivity contribution in [2.75, 3.05) is 5.32 Å². The average molecular weight is 467 g/mol. The van der Waals surface area contributed by atoms with E-state index in [0.717, 1.165) is 21.4 Å². The number of halogens is 1. The molecule has 0 saturated heterocycles. The van der Waals surface area contributed by atoms with Crippen LogP contribution in [0.3, 0.4) is 0 Å². The highest BCUT2D eigenvalue weighted by molar-refractivity contribution is 9.10. The number of anilines is 1. The summed E-state index contributed by atoms with van der Waals surface area (Å²) in [6, 6.07) is 13.5. The van der Waals surface area contributed by atoms with E-state index in [1.807, 2.05) is 6.92 Å². The van der Waals surface area contributed by atoms with Crippen molar-refractivity contribution in [1.29, 1.82) is 0 Å². The molecule has 27 heavy (non-hydrogen) atoms. The maximum atomic E-state index is 12.5. The van der Waals surface area contributed by atoms with Crippen LogP contribution in [-0.2, 0) is 21.4 Å². The largest absolute Gasteiger partial charge is 0.324 e. The zero-order valence-corrected chi connectivity index (χ0v) is 17.4. The summed E-state index contributed by atoms with van der Waals surface area (Å²) in [6.07, 6.45) is 0. The molecule has 1 heterocycles. The fraction of sp³-hybridized carbons (Fsp3) is 0.118. The first kappa shape index (κ1) is 19.5. The first-order valence-corrected chi connectivity index (χ1v) is 10.9. The average Bonchev–Trinajstić information content (AvgIpc) is 3.03. The Morgan fingerprint density at radius 2 is 1.85 bits per heavy atom. The van der Waals surface area contributed by atoms with E-state index in [1.54, 1.807) is 36.4 Å². The van der Waals surface area contributed by atoms with Crippen LogP contribution in [0.25, 0.3) is 0 Å². The predicted molar refractivity (Wildman–Crippen MR) is 107 cm³/mol. The third-order valence-corrected chi connectivity index (χ3v) is 6.14. The smallest absolute Gasteiger partial charge is 0.285 e. The van der Waals surface area contributed by atoms with Crippen LogP contribution in [0.1, 0.15) is 5.56 Å². The van der Waals surface area contributed by atoms with E-state index in [-0.39, 0.29) is 22.1 Å². The Labute approximate surface area is 168 Å². The quantitative estimate of drug-likeness (QED) is 0.625. The number of benzene rings is 2. The molecule has 0 atom stereocenters. The van der Waals surface area contributed by atoms with Gasteiger partial charge in [0.25, 0.3) is 10.0 Å². The lowest BCUT2D eigenvalue weighted by Crippen LogP contribution is -2.26. The first-order chi connectivity index (χ1) is 12.8. The molecule has 10 heteroatoms. The van der Waals surface area contributed by atoms with E-state index in [2.05, 4.69) is 30.7 Å². The van der Waals surface area contributed by atoms with Gasteiger partial charge in [0.2, 0.25) is 10.7 Å². The molecule has 3 aromatic rings. The first-order valence-electron chi connectivity index (χ1n) is 7.77. The summed E-state index contributed by atoms with van der Waals surface area (Å²) in [7, 11) is -3.88. The van der Waals surface area contributed by atoms with Crippen LogP contribution in [0, 0.1) is 6.92 Å². The molecule has 1 amide bonds. The van der Waals surface area contributed by atoms with Crippen LogP contribution in [0.4, 0.5) is 5.69 Å². The highest BCUT2D eigenvalue weighted by Crippen LogP contribution is 2.14. The zero-order chi connectivity index (χ0) is 19.4. The summed E-state index contributed by atoms with van der Waals surface area (Å²) in [5.74, 6) is -0.336. The normalized spacial score (nSPS) is 12.1. The topological polar surface area (TPSA) is 93.4 Å². The molecule has 3 rings (SSSR count). The van der Waals surface area contributed by atoms with Gasteiger partial charge in [0.15, 0.2) is 0 Å². The van der Waals surface area contributed by atoms with Crippen LogP contribution in [0.15, 0.2) is 67.8 Å². The van der Waals surface area contributed by atoms with Crippen molar-refractivity contribution in [3.8, 4) is 0 Å². The van der Waals surface area contributed by atoms with Gasteiger partial charge in [-0.05, 0) is 43.3 Å². The zero-order valence-electron chi connectivity index (χ0n) is 14.2. The maximum absolute atomic E-state index is 12.5. The molecule has 0 bridgehead atoms. The SMILES string of the molecule is Cc1ccc(S(=O)(=O)N=c2scnn2CC(=O)Nc2ccc(Br)cc2)cc1. The molecule has 1 aromatic heterocycles. The standard InChI is InChI=1S/C17H15BrN4O3S2/c1-12-2-8-15(9-3-12)27(24,25)21-17-22(19-11-26-17)10-16(23)20-14-6-4-13(18)5-7-14/h2-9,11H,10H2,1H3,(H,20,23). The molecule has 0 aliphatic heterocycles. The van der Waals surface area contributed by atoms with Crippen molar-refractivity contribution in [3.05, 3.63) is 68.9 Å². The Balaban J connectivity index is 1.80. The minimum Gasteiger partial charge on any atom is -0.324 e. The Bertz CT molecular complexity index is 1120. The third kappa shape index (κ3) is 5.12. The van der Waals surface area contributed by atoms with Gasteiger partial charge in [-0.2, -0.15) is 13.5 Å². The van der Waals surface area contributed by atoms with Gasteiger partial charge in [-0.1, -0.05) is 45.0 Å². The molecule has 0 aliphatic carbocycles. The van der Waals surface area contributed by atoms with E-state index in [1.165, 1.54) is 22.3 Å². The third-order valence-electron chi connectivity index (χ3n) is 3.50. The molecule has 7 nitrogen and oxygen atoms in total. The summed E-state index contributed by atoms with van der Waals surface area (Å²) < 4.78 is 30.9. The summed E-state index contributed by atoms with van der Waals surface area (Å²) >= 11 is 4.37. The number of hydrogen-bond donors (Lipinski definition) is 1. The molecule has 0 unspecified atom stereocenters. The van der Waals surface area contributed by atoms with Crippen LogP contribution < -0.4 is 10.1 Å². The van der Waals surface area contributed by atoms with E-state index >= 15 is 0 Å². The van der Waals surface area contributed by atoms with Crippen LogP contribution in [0.2, 0.25) is 0 Å². The highest BCUT2D eigenvalue weighted by atomic mass is 79.9. The molecular weight excluding hydrogens is 452 g/mol. The lowest BCUT2D eigenvalue weighted by atomic mass is 10.2. The molecular formula is C17H15BrN4O3S2. The predicted octanol–water partition coefficient (Wildman–Crippen LogP) is 2.94.